The van der Waals surface area contributed by atoms with Gasteiger partial charge in [0, 0.05) is 24.2 Å². The smallest absolute Gasteiger partial charge is 0.410 e. The highest BCUT2D eigenvalue weighted by Gasteiger charge is 2.30. The summed E-state index contributed by atoms with van der Waals surface area (Å²) in [5, 5.41) is 9.92. The van der Waals surface area contributed by atoms with Crippen LogP contribution in [0, 0.1) is 13.8 Å². The summed E-state index contributed by atoms with van der Waals surface area (Å²) in [5.41, 5.74) is 10.4. The van der Waals surface area contributed by atoms with Gasteiger partial charge in [-0.1, -0.05) is 0 Å². The second-order valence-electron chi connectivity index (χ2n) is 8.16. The molecule has 4 N–H and O–H groups in total. The first kappa shape index (κ1) is 19.7. The topological polar surface area (TPSA) is 113 Å². The Morgan fingerprint density at radius 3 is 2.61 bits per heavy atom. The Balaban J connectivity index is 1.79. The monoisotopic (exact) mass is 385 g/mol. The van der Waals surface area contributed by atoms with Crippen LogP contribution in [0.4, 0.5) is 16.2 Å². The normalized spacial score (nSPS) is 13.8. The molecule has 2 heterocycles. The summed E-state index contributed by atoms with van der Waals surface area (Å²) in [6.45, 7) is 10.2. The van der Waals surface area contributed by atoms with Gasteiger partial charge >= 0.3 is 6.09 Å². The number of hydrogen-bond donors (Lipinski definition) is 3. The van der Waals surface area contributed by atoms with Crippen LogP contribution in [0.5, 0.6) is 0 Å². The predicted octanol–water partition coefficient (Wildman–Crippen LogP) is 3.15. The average molecular weight is 385 g/mol. The zero-order chi connectivity index (χ0) is 20.6. The number of amides is 2. The molecule has 1 aromatic heterocycles. The number of nitrogen functional groups attached to an aromatic ring is 1. The first-order chi connectivity index (χ1) is 13.0. The Bertz CT molecular complexity index is 927. The van der Waals surface area contributed by atoms with E-state index in [0.29, 0.717) is 29.9 Å². The summed E-state index contributed by atoms with van der Waals surface area (Å²) in [6, 6.07) is 3.67. The van der Waals surface area contributed by atoms with Crippen molar-refractivity contribution < 1.29 is 14.3 Å². The Labute approximate surface area is 164 Å². The summed E-state index contributed by atoms with van der Waals surface area (Å²) in [6.07, 6.45) is 0.185. The largest absolute Gasteiger partial charge is 0.444 e. The lowest BCUT2D eigenvalue weighted by Gasteiger charge is -2.30. The third kappa shape index (κ3) is 4.11. The number of benzene rings is 1. The van der Waals surface area contributed by atoms with E-state index in [2.05, 4.69) is 15.5 Å². The van der Waals surface area contributed by atoms with Crippen LogP contribution in [0.2, 0.25) is 0 Å². The lowest BCUT2D eigenvalue weighted by molar-refractivity contribution is 0.0222. The number of anilines is 2. The number of aromatic nitrogens is 2. The zero-order valence-corrected chi connectivity index (χ0v) is 17.0. The minimum absolute atomic E-state index is 0.265. The highest BCUT2D eigenvalue weighted by atomic mass is 16.6. The SMILES string of the molecule is Cc1cc(N)c(NC(=O)c2n[nH]c3c2CN(C(=O)OC(C)(C)C)CC3)cc1C. The maximum Gasteiger partial charge on any atom is 0.410 e. The van der Waals surface area contributed by atoms with E-state index in [9.17, 15) is 9.59 Å². The molecule has 8 nitrogen and oxygen atoms in total. The Morgan fingerprint density at radius 2 is 1.93 bits per heavy atom. The van der Waals surface area contributed by atoms with Gasteiger partial charge < -0.3 is 20.7 Å². The molecule has 1 aliphatic heterocycles. The minimum atomic E-state index is -0.575. The molecule has 0 aliphatic carbocycles. The second kappa shape index (κ2) is 7.18. The number of H-pyrrole nitrogens is 1. The van der Waals surface area contributed by atoms with E-state index in [0.717, 1.165) is 16.8 Å². The van der Waals surface area contributed by atoms with Gasteiger partial charge in [0.2, 0.25) is 0 Å². The quantitative estimate of drug-likeness (QED) is 0.687. The van der Waals surface area contributed by atoms with Gasteiger partial charge in [-0.05, 0) is 57.9 Å². The van der Waals surface area contributed by atoms with Crippen LogP contribution >= 0.6 is 0 Å². The first-order valence-electron chi connectivity index (χ1n) is 9.27. The lowest BCUT2D eigenvalue weighted by atomic mass is 10.0. The van der Waals surface area contributed by atoms with Gasteiger partial charge in [0.15, 0.2) is 5.69 Å². The van der Waals surface area contributed by atoms with E-state index in [1.807, 2.05) is 46.8 Å². The molecule has 150 valence electrons. The number of ether oxygens (including phenoxy) is 1. The number of nitrogens with zero attached hydrogens (tertiary/aromatic N) is 2. The minimum Gasteiger partial charge on any atom is -0.444 e. The molecule has 0 spiro atoms. The Hall–Kier alpha value is -3.03. The summed E-state index contributed by atoms with van der Waals surface area (Å²) >= 11 is 0. The van der Waals surface area contributed by atoms with Crippen molar-refractivity contribution in [2.24, 2.45) is 0 Å². The van der Waals surface area contributed by atoms with Crippen LogP contribution in [0.1, 0.15) is 53.6 Å². The van der Waals surface area contributed by atoms with E-state index in [1.54, 1.807) is 4.90 Å². The summed E-state index contributed by atoms with van der Waals surface area (Å²) in [4.78, 5) is 26.8. The number of fused-ring (bicyclic) bond motifs is 1. The molecule has 0 fully saturated rings. The number of aryl methyl sites for hydroxylation is 2. The van der Waals surface area contributed by atoms with Crippen molar-refractivity contribution in [3.05, 3.63) is 40.2 Å². The third-order valence-corrected chi connectivity index (χ3v) is 4.71. The standard InChI is InChI=1S/C20H27N5O3/c1-11-8-14(21)16(9-12(11)2)22-18(26)17-13-10-25(7-6-15(13)23-24-17)19(27)28-20(3,4)5/h8-9H,6-7,10,21H2,1-5H3,(H,22,26)(H,23,24). The molecule has 0 unspecified atom stereocenters. The van der Waals surface area contributed by atoms with Gasteiger partial charge in [-0.3, -0.25) is 9.89 Å². The molecule has 8 heteroatoms. The molecule has 2 amide bonds. The van der Waals surface area contributed by atoms with Gasteiger partial charge in [0.25, 0.3) is 5.91 Å². The number of carbonyl (C=O) groups is 2. The number of rotatable bonds is 2. The maximum absolute atomic E-state index is 12.8. The van der Waals surface area contributed by atoms with Crippen molar-refractivity contribution >= 4 is 23.4 Å². The fraction of sp³-hybridized carbons (Fsp3) is 0.450. The molecule has 0 radical (unpaired) electrons. The van der Waals surface area contributed by atoms with E-state index < -0.39 is 11.7 Å². The predicted molar refractivity (Wildman–Crippen MR) is 107 cm³/mol. The molecule has 28 heavy (non-hydrogen) atoms. The number of carbonyl (C=O) groups excluding carboxylic acids is 2. The highest BCUT2D eigenvalue weighted by Crippen LogP contribution is 2.26. The molecule has 0 saturated carbocycles. The molecule has 2 aromatic rings. The maximum atomic E-state index is 12.8. The van der Waals surface area contributed by atoms with Gasteiger partial charge in [-0.2, -0.15) is 5.10 Å². The summed E-state index contributed by atoms with van der Waals surface area (Å²) in [7, 11) is 0. The molecular formula is C20H27N5O3. The van der Waals surface area contributed by atoms with Crippen LogP contribution in [-0.2, 0) is 17.7 Å². The highest BCUT2D eigenvalue weighted by molar-refractivity contribution is 6.05. The summed E-state index contributed by atoms with van der Waals surface area (Å²) in [5.74, 6) is -0.363. The van der Waals surface area contributed by atoms with E-state index in [4.69, 9.17) is 10.5 Å². The molecular weight excluding hydrogens is 358 g/mol. The Morgan fingerprint density at radius 1 is 1.25 bits per heavy atom. The van der Waals surface area contributed by atoms with Gasteiger partial charge in [0.05, 0.1) is 17.9 Å². The number of aromatic amines is 1. The van der Waals surface area contributed by atoms with Crippen LogP contribution in [0.15, 0.2) is 12.1 Å². The molecule has 1 aromatic carbocycles. The van der Waals surface area contributed by atoms with Crippen molar-refractivity contribution in [3.63, 3.8) is 0 Å². The fourth-order valence-corrected chi connectivity index (χ4v) is 3.09. The second-order valence-corrected chi connectivity index (χ2v) is 8.16. The van der Waals surface area contributed by atoms with Crippen molar-refractivity contribution in [2.45, 2.75) is 53.2 Å². The molecule has 0 atom stereocenters. The lowest BCUT2D eigenvalue weighted by Crippen LogP contribution is -2.40. The van der Waals surface area contributed by atoms with Gasteiger partial charge in [-0.15, -0.1) is 0 Å². The van der Waals surface area contributed by atoms with Crippen molar-refractivity contribution in [2.75, 3.05) is 17.6 Å². The summed E-state index contributed by atoms with van der Waals surface area (Å²) < 4.78 is 5.44. The number of nitrogens with one attached hydrogen (secondary N) is 2. The Kier molecular flexibility index (Phi) is 5.06. The van der Waals surface area contributed by atoms with Crippen LogP contribution in [-0.4, -0.2) is 39.2 Å². The molecule has 1 aliphatic rings. The van der Waals surface area contributed by atoms with Gasteiger partial charge in [0.1, 0.15) is 5.60 Å². The third-order valence-electron chi connectivity index (χ3n) is 4.71. The van der Waals surface area contributed by atoms with Crippen LogP contribution in [0.3, 0.4) is 0 Å². The fourth-order valence-electron chi connectivity index (χ4n) is 3.09. The van der Waals surface area contributed by atoms with E-state index in [-0.39, 0.29) is 18.1 Å². The van der Waals surface area contributed by atoms with Crippen molar-refractivity contribution in [1.82, 2.24) is 15.1 Å². The molecule has 0 bridgehead atoms. The van der Waals surface area contributed by atoms with E-state index >= 15 is 0 Å². The van der Waals surface area contributed by atoms with Crippen molar-refractivity contribution in [1.29, 1.82) is 0 Å². The number of hydrogen-bond acceptors (Lipinski definition) is 5. The average Bonchev–Trinajstić information content (AvgIpc) is 3.01. The first-order valence-corrected chi connectivity index (χ1v) is 9.27. The molecule has 3 rings (SSSR count). The molecule has 0 saturated heterocycles. The van der Waals surface area contributed by atoms with Crippen LogP contribution in [0.25, 0.3) is 0 Å². The van der Waals surface area contributed by atoms with Crippen LogP contribution < -0.4 is 11.1 Å². The van der Waals surface area contributed by atoms with Gasteiger partial charge in [-0.25, -0.2) is 4.79 Å². The zero-order valence-electron chi connectivity index (χ0n) is 17.0. The van der Waals surface area contributed by atoms with Crippen molar-refractivity contribution in [3.8, 4) is 0 Å². The van der Waals surface area contributed by atoms with E-state index in [1.165, 1.54) is 0 Å². The number of nitrogens with two attached hydrogens (primary N) is 1.